The van der Waals surface area contributed by atoms with Gasteiger partial charge in [0.2, 0.25) is 0 Å². The predicted molar refractivity (Wildman–Crippen MR) is 105 cm³/mol. The minimum absolute atomic E-state index is 0.150. The number of likely N-dealkylation sites (tertiary alicyclic amines) is 1. The number of Topliss-reactive ketones (excluding diaryl/α,β-unsaturated/α-hetero) is 1. The van der Waals surface area contributed by atoms with Crippen LogP contribution in [0.1, 0.15) is 27.4 Å². The zero-order valence-corrected chi connectivity index (χ0v) is 15.4. The normalized spacial score (nSPS) is 25.1. The van der Waals surface area contributed by atoms with E-state index in [-0.39, 0.29) is 11.7 Å². The van der Waals surface area contributed by atoms with Gasteiger partial charge >= 0.3 is 0 Å². The number of likely N-dealkylation sites (N-methyl/N-ethyl adjacent to an activating group) is 1. The van der Waals surface area contributed by atoms with Crippen molar-refractivity contribution in [1.82, 2.24) is 4.90 Å². The molecule has 0 radical (unpaired) electrons. The van der Waals surface area contributed by atoms with E-state index >= 15 is 0 Å². The van der Waals surface area contributed by atoms with Crippen LogP contribution >= 0.6 is 0 Å². The molecule has 0 bridgehead atoms. The number of hydrogen-bond donors (Lipinski definition) is 0. The molecule has 0 aromatic heterocycles. The molecule has 4 heteroatoms. The maximum Gasteiger partial charge on any atom is 0.191 e. The minimum Gasteiger partial charge on any atom is -0.292 e. The van der Waals surface area contributed by atoms with Crippen molar-refractivity contribution < 1.29 is 4.79 Å². The Labute approximate surface area is 163 Å². The van der Waals surface area contributed by atoms with E-state index in [0.29, 0.717) is 12.1 Å². The number of benzene rings is 3. The first-order chi connectivity index (χ1) is 13.6. The lowest BCUT2D eigenvalue weighted by molar-refractivity contribution is 0.0614. The Kier molecular flexibility index (Phi) is 3.29. The Morgan fingerprint density at radius 3 is 2.32 bits per heavy atom. The molecule has 0 saturated carbocycles. The van der Waals surface area contributed by atoms with E-state index in [0.717, 1.165) is 21.9 Å². The number of rotatable bonds is 1. The van der Waals surface area contributed by atoms with E-state index in [1.165, 1.54) is 0 Å². The lowest BCUT2D eigenvalue weighted by atomic mass is 9.62. The van der Waals surface area contributed by atoms with Gasteiger partial charge in [-0.05, 0) is 28.9 Å². The van der Waals surface area contributed by atoms with Gasteiger partial charge in [-0.25, -0.2) is 0 Å². The molecule has 3 aromatic carbocycles. The van der Waals surface area contributed by atoms with Crippen LogP contribution in [-0.4, -0.2) is 24.3 Å². The van der Waals surface area contributed by atoms with E-state index in [4.69, 9.17) is 0 Å². The largest absolute Gasteiger partial charge is 0.292 e. The molecule has 1 spiro atoms. The monoisotopic (exact) mass is 363 g/mol. The average Bonchev–Trinajstić information content (AvgIpc) is 3.16. The summed E-state index contributed by atoms with van der Waals surface area (Å²) in [6.07, 6.45) is 0. The summed E-state index contributed by atoms with van der Waals surface area (Å²) in [6.45, 7) is 0.460. The van der Waals surface area contributed by atoms with E-state index in [9.17, 15) is 15.3 Å². The molecule has 5 rings (SSSR count). The van der Waals surface area contributed by atoms with Gasteiger partial charge in [0.25, 0.3) is 0 Å². The first-order valence-electron chi connectivity index (χ1n) is 9.27. The summed E-state index contributed by atoms with van der Waals surface area (Å²) < 4.78 is 0. The van der Waals surface area contributed by atoms with Gasteiger partial charge in [0, 0.05) is 18.0 Å². The molecule has 0 unspecified atom stereocenters. The summed E-state index contributed by atoms with van der Waals surface area (Å²) in [5, 5.41) is 22.6. The first-order valence-corrected chi connectivity index (χ1v) is 9.27. The second-order valence-corrected chi connectivity index (χ2v) is 7.62. The van der Waals surface area contributed by atoms with Crippen molar-refractivity contribution in [3.63, 3.8) is 0 Å². The van der Waals surface area contributed by atoms with Crippen LogP contribution in [0.5, 0.6) is 0 Å². The molecular weight excluding hydrogens is 346 g/mol. The third-order valence-electron chi connectivity index (χ3n) is 6.54. The van der Waals surface area contributed by atoms with Gasteiger partial charge in [-0.3, -0.25) is 9.69 Å². The molecular formula is C24H17N3O. The maximum atomic E-state index is 13.9. The van der Waals surface area contributed by atoms with E-state index < -0.39 is 11.0 Å². The SMILES string of the molecule is CN1C[C@H](c2ccccc2)C(C#N)(C#N)[C@]12C(=O)c1cccc3cccc2c13. The van der Waals surface area contributed by atoms with E-state index in [2.05, 4.69) is 12.1 Å². The maximum absolute atomic E-state index is 13.9. The highest BCUT2D eigenvalue weighted by atomic mass is 16.1. The quantitative estimate of drug-likeness (QED) is 0.655. The van der Waals surface area contributed by atoms with Gasteiger partial charge in [0.1, 0.15) is 5.54 Å². The molecule has 1 fully saturated rings. The van der Waals surface area contributed by atoms with Gasteiger partial charge in [-0.2, -0.15) is 10.5 Å². The number of carbonyl (C=O) groups excluding carboxylic acids is 1. The Morgan fingerprint density at radius 2 is 1.64 bits per heavy atom. The van der Waals surface area contributed by atoms with E-state index in [1.54, 1.807) is 0 Å². The third kappa shape index (κ3) is 1.65. The summed E-state index contributed by atoms with van der Waals surface area (Å²) in [5.41, 5.74) is -0.545. The highest BCUT2D eigenvalue weighted by Crippen LogP contribution is 2.62. The second kappa shape index (κ2) is 5.52. The van der Waals surface area contributed by atoms with Gasteiger partial charge in [-0.1, -0.05) is 66.7 Å². The van der Waals surface area contributed by atoms with Gasteiger partial charge in [-0.15, -0.1) is 0 Å². The van der Waals surface area contributed by atoms with E-state index in [1.807, 2.05) is 78.7 Å². The Hall–Kier alpha value is -3.47. The molecule has 0 N–H and O–H groups in total. The Morgan fingerprint density at radius 1 is 0.964 bits per heavy atom. The highest BCUT2D eigenvalue weighted by Gasteiger charge is 2.71. The van der Waals surface area contributed by atoms with Gasteiger partial charge in [0.15, 0.2) is 11.2 Å². The molecule has 1 heterocycles. The van der Waals surface area contributed by atoms with Crippen LogP contribution < -0.4 is 0 Å². The van der Waals surface area contributed by atoms with Gasteiger partial charge in [0.05, 0.1) is 12.1 Å². The average molecular weight is 363 g/mol. The topological polar surface area (TPSA) is 67.9 Å². The Balaban J connectivity index is 1.88. The molecule has 1 aliphatic carbocycles. The molecule has 4 nitrogen and oxygen atoms in total. The van der Waals surface area contributed by atoms with Crippen molar-refractivity contribution in [3.05, 3.63) is 83.4 Å². The predicted octanol–water partition coefficient (Wildman–Crippen LogP) is 3.99. The van der Waals surface area contributed by atoms with Crippen LogP contribution in [0.3, 0.4) is 0 Å². The molecule has 2 aliphatic rings. The fourth-order valence-electron chi connectivity index (χ4n) is 5.40. The van der Waals surface area contributed by atoms with Crippen LogP contribution in [0.2, 0.25) is 0 Å². The fraction of sp³-hybridized carbons (Fsp3) is 0.208. The van der Waals surface area contributed by atoms with Crippen LogP contribution in [-0.2, 0) is 5.54 Å². The molecule has 134 valence electrons. The lowest BCUT2D eigenvalue weighted by Gasteiger charge is -2.39. The first kappa shape index (κ1) is 16.7. The molecule has 1 aliphatic heterocycles. The number of fused-ring (bicyclic) bond motifs is 1. The zero-order chi connectivity index (χ0) is 19.5. The number of nitriles is 2. The number of carbonyl (C=O) groups is 1. The van der Waals surface area contributed by atoms with Crippen LogP contribution in [0.15, 0.2) is 66.7 Å². The van der Waals surface area contributed by atoms with Crippen LogP contribution in [0, 0.1) is 28.1 Å². The standard InChI is InChI=1S/C24H17N3O/c1-27-13-20(16-7-3-2-4-8-16)23(14-25,15-26)24(27)19-12-6-10-17-9-5-11-18(21(17)19)22(24)28/h2-12,20H,13H2,1H3/t20-,24+/m1/s1. The molecule has 28 heavy (non-hydrogen) atoms. The van der Waals surface area contributed by atoms with Crippen molar-refractivity contribution in [2.75, 3.05) is 13.6 Å². The second-order valence-electron chi connectivity index (χ2n) is 7.62. The number of ketones is 1. The van der Waals surface area contributed by atoms with Crippen molar-refractivity contribution in [3.8, 4) is 12.1 Å². The molecule has 0 amide bonds. The summed E-state index contributed by atoms with van der Waals surface area (Å²) in [7, 11) is 1.86. The van der Waals surface area contributed by atoms with Crippen LogP contribution in [0.25, 0.3) is 10.8 Å². The third-order valence-corrected chi connectivity index (χ3v) is 6.54. The van der Waals surface area contributed by atoms with Crippen molar-refractivity contribution in [1.29, 1.82) is 10.5 Å². The summed E-state index contributed by atoms with van der Waals surface area (Å²) >= 11 is 0. The minimum atomic E-state index is -1.52. The van der Waals surface area contributed by atoms with Crippen LogP contribution in [0.4, 0.5) is 0 Å². The zero-order valence-electron chi connectivity index (χ0n) is 15.4. The molecule has 2 atom stereocenters. The summed E-state index contributed by atoms with van der Waals surface area (Å²) in [4.78, 5) is 15.8. The fourth-order valence-corrected chi connectivity index (χ4v) is 5.40. The summed E-state index contributed by atoms with van der Waals surface area (Å²) in [5.74, 6) is -0.537. The smallest absolute Gasteiger partial charge is 0.191 e. The number of nitrogens with zero attached hydrogens (tertiary/aromatic N) is 3. The van der Waals surface area contributed by atoms with Gasteiger partial charge < -0.3 is 0 Å². The Bertz CT molecular complexity index is 1200. The lowest BCUT2D eigenvalue weighted by Crippen LogP contribution is -2.53. The van der Waals surface area contributed by atoms with Crippen molar-refractivity contribution >= 4 is 16.6 Å². The number of hydrogen-bond acceptors (Lipinski definition) is 4. The van der Waals surface area contributed by atoms with Crippen molar-refractivity contribution in [2.24, 2.45) is 5.41 Å². The highest BCUT2D eigenvalue weighted by molar-refractivity contribution is 6.21. The summed E-state index contributed by atoms with van der Waals surface area (Å²) in [6, 6.07) is 25.7. The molecule has 3 aromatic rings. The molecule has 1 saturated heterocycles. The van der Waals surface area contributed by atoms with Crippen molar-refractivity contribution in [2.45, 2.75) is 11.5 Å².